The lowest BCUT2D eigenvalue weighted by Gasteiger charge is -2.35. The minimum Gasteiger partial charge on any atom is -0.377 e. The lowest BCUT2D eigenvalue weighted by Crippen LogP contribution is -2.40. The highest BCUT2D eigenvalue weighted by molar-refractivity contribution is 5.48. The Bertz CT molecular complexity index is 1100. The number of aromatic amines is 1. The topological polar surface area (TPSA) is 165 Å². The lowest BCUT2D eigenvalue weighted by atomic mass is 9.90. The maximum Gasteiger partial charge on any atom is 0.345 e. The average Bonchev–Trinajstić information content (AvgIpc) is 3.11. The number of rotatable bonds is 22. The van der Waals surface area contributed by atoms with Crippen LogP contribution in [0.4, 0.5) is 11.4 Å². The summed E-state index contributed by atoms with van der Waals surface area (Å²) in [5, 5.41) is 24.3. The summed E-state index contributed by atoms with van der Waals surface area (Å²) >= 11 is 0. The van der Waals surface area contributed by atoms with Gasteiger partial charge in [0.15, 0.2) is 0 Å². The fourth-order valence-electron chi connectivity index (χ4n) is 7.10. The molecule has 0 unspecified atom stereocenters. The van der Waals surface area contributed by atoms with Crippen LogP contribution in [0.25, 0.3) is 0 Å². The molecule has 1 aromatic rings. The molecule has 1 aliphatic rings. The van der Waals surface area contributed by atoms with Crippen molar-refractivity contribution < 1.29 is 33.5 Å². The fourth-order valence-corrected chi connectivity index (χ4v) is 7.10. The van der Waals surface area contributed by atoms with Crippen LogP contribution in [0.2, 0.25) is 0 Å². The van der Waals surface area contributed by atoms with E-state index in [1.807, 2.05) is 0 Å². The summed E-state index contributed by atoms with van der Waals surface area (Å²) in [6, 6.07) is 0. The summed E-state index contributed by atoms with van der Waals surface area (Å²) in [6.45, 7) is 9.80. The minimum absolute atomic E-state index is 0.129. The van der Waals surface area contributed by atoms with Gasteiger partial charge in [-0.05, 0) is 25.7 Å². The smallest absolute Gasteiger partial charge is 0.345 e. The predicted octanol–water partition coefficient (Wildman–Crippen LogP) is 9.65. The predicted molar refractivity (Wildman–Crippen MR) is 203 cm³/mol. The van der Waals surface area contributed by atoms with Crippen molar-refractivity contribution in [2.24, 2.45) is 0 Å². The molecule has 0 atom stereocenters. The van der Waals surface area contributed by atoms with Crippen molar-refractivity contribution in [2.75, 3.05) is 39.6 Å². The van der Waals surface area contributed by atoms with E-state index in [2.05, 4.69) is 32.7 Å². The number of pyridine rings is 1. The Morgan fingerprint density at radius 1 is 0.538 bits per heavy atom. The van der Waals surface area contributed by atoms with E-state index in [0.29, 0.717) is 26.4 Å². The molecule has 1 N–H and O–H groups in total. The number of hydrogen-bond acceptors (Lipinski definition) is 10. The summed E-state index contributed by atoms with van der Waals surface area (Å²) in [4.78, 5) is 38.9. The molecule has 0 aliphatic carbocycles. The van der Waals surface area contributed by atoms with Gasteiger partial charge in [0.05, 0.1) is 73.9 Å². The summed E-state index contributed by atoms with van der Waals surface area (Å²) < 4.78 is 31.7. The highest BCUT2D eigenvalue weighted by atomic mass is 16.6. The second kappa shape index (κ2) is 26.3. The zero-order chi connectivity index (χ0) is 38.1. The van der Waals surface area contributed by atoms with Crippen LogP contribution >= 0.6 is 0 Å². The monoisotopic (exact) mass is 739 g/mol. The molecule has 2 bridgehead atoms. The van der Waals surface area contributed by atoms with Crippen LogP contribution < -0.4 is 5.43 Å². The molecule has 1 aliphatic heterocycles. The van der Waals surface area contributed by atoms with Crippen LogP contribution in [0.15, 0.2) is 4.79 Å². The lowest BCUT2D eigenvalue weighted by molar-refractivity contribution is -0.398. The number of H-pyrrole nitrogens is 1. The Labute approximate surface area is 311 Å². The molecule has 0 spiro atoms. The normalized spacial score (nSPS) is 17.3. The van der Waals surface area contributed by atoms with Gasteiger partial charge < -0.3 is 28.7 Å². The number of fused-ring (bicyclic) bond motifs is 2. The molecule has 13 heteroatoms. The van der Waals surface area contributed by atoms with Gasteiger partial charge in [-0.15, -0.1) is 0 Å². The molecule has 0 saturated carbocycles. The first kappa shape index (κ1) is 45.7. The van der Waals surface area contributed by atoms with Gasteiger partial charge in [0.2, 0.25) is 0 Å². The number of nitrogens with one attached hydrogen (secondary N) is 1. The molecule has 300 valence electrons. The molecule has 2 rings (SSSR count). The summed E-state index contributed by atoms with van der Waals surface area (Å²) in [7, 11) is 0. The molecule has 0 saturated heterocycles. The van der Waals surface area contributed by atoms with Crippen LogP contribution in [-0.4, -0.2) is 65.7 Å². The second-order valence-corrected chi connectivity index (χ2v) is 14.5. The molecular weight excluding hydrogens is 670 g/mol. The van der Waals surface area contributed by atoms with Crippen molar-refractivity contribution in [1.82, 2.24) is 4.98 Å². The number of ether oxygens (including phenoxy) is 5. The third kappa shape index (κ3) is 16.3. The van der Waals surface area contributed by atoms with Crippen LogP contribution in [0.1, 0.15) is 167 Å². The van der Waals surface area contributed by atoms with Gasteiger partial charge in [0.1, 0.15) is 11.4 Å². The Kier molecular flexibility index (Phi) is 23.2. The van der Waals surface area contributed by atoms with Gasteiger partial charge in [-0.3, -0.25) is 25.0 Å². The number of unbranched alkanes of at least 4 members (excludes halogenated alkanes) is 12. The van der Waals surface area contributed by atoms with Gasteiger partial charge in [0, 0.05) is 0 Å². The van der Waals surface area contributed by atoms with Crippen molar-refractivity contribution in [3.8, 4) is 0 Å². The number of nitrogens with zero attached hydrogens (tertiary/aromatic N) is 2. The maximum absolute atomic E-state index is 13.4. The summed E-state index contributed by atoms with van der Waals surface area (Å²) in [5.41, 5.74) is -4.60. The van der Waals surface area contributed by atoms with Crippen LogP contribution in [0.3, 0.4) is 0 Å². The maximum atomic E-state index is 13.4. The van der Waals surface area contributed by atoms with E-state index < -0.39 is 37.9 Å². The SMILES string of the molecule is CCCCCCC1(CCCCCC)COCc2[nH]c(c([N+](=O)[O-])c(=O)c2[N+](=O)[O-])COCC(CCCCCC)(CCCCCC)OCCOCCO1. The van der Waals surface area contributed by atoms with Gasteiger partial charge in [-0.1, -0.05) is 130 Å². The van der Waals surface area contributed by atoms with E-state index in [1.54, 1.807) is 0 Å². The fraction of sp³-hybridized carbons (Fsp3) is 0.872. The largest absolute Gasteiger partial charge is 0.377 e. The van der Waals surface area contributed by atoms with E-state index in [-0.39, 0.29) is 37.8 Å². The first-order chi connectivity index (χ1) is 25.2. The zero-order valence-electron chi connectivity index (χ0n) is 32.8. The third-order valence-electron chi connectivity index (χ3n) is 10.1. The van der Waals surface area contributed by atoms with Gasteiger partial charge in [-0.2, -0.15) is 0 Å². The van der Waals surface area contributed by atoms with Gasteiger partial charge >= 0.3 is 16.8 Å². The molecule has 0 aromatic carbocycles. The second-order valence-electron chi connectivity index (χ2n) is 14.5. The average molecular weight is 740 g/mol. The van der Waals surface area contributed by atoms with Crippen molar-refractivity contribution in [2.45, 2.75) is 181 Å². The van der Waals surface area contributed by atoms with Gasteiger partial charge in [-0.25, -0.2) is 0 Å². The quantitative estimate of drug-likeness (QED) is 0.0687. The first-order valence-corrected chi connectivity index (χ1v) is 20.3. The standard InChI is InChI=1S/C39H69N3O10/c1-5-9-13-17-21-38(22-18-14-10-6-2)31-49-29-33-35(41(44)45)37(43)36(42(46)47)34(40-33)30-50-32-39(23-19-15-11-7-3,24-20-16-12-8-4)52-28-26-48-25-27-51-38/h5-32H2,1-4H3,(H,40,43). The highest BCUT2D eigenvalue weighted by Gasteiger charge is 2.36. The van der Waals surface area contributed by atoms with Gasteiger partial charge in [0.25, 0.3) is 0 Å². The number of hydrogen-bond donors (Lipinski definition) is 1. The summed E-state index contributed by atoms with van der Waals surface area (Å²) in [5.74, 6) is 0. The minimum atomic E-state index is -1.26. The first-order valence-electron chi connectivity index (χ1n) is 20.3. The van der Waals surface area contributed by atoms with E-state index in [1.165, 1.54) is 0 Å². The number of aromatic nitrogens is 1. The van der Waals surface area contributed by atoms with E-state index in [4.69, 9.17) is 23.7 Å². The molecule has 13 nitrogen and oxygen atoms in total. The van der Waals surface area contributed by atoms with Crippen molar-refractivity contribution in [3.63, 3.8) is 0 Å². The Morgan fingerprint density at radius 3 is 1.19 bits per heavy atom. The van der Waals surface area contributed by atoms with Crippen molar-refractivity contribution >= 4 is 11.4 Å². The number of nitro groups is 2. The Balaban J connectivity index is 2.53. The molecule has 0 fully saturated rings. The third-order valence-corrected chi connectivity index (χ3v) is 10.1. The van der Waals surface area contributed by atoms with Crippen molar-refractivity contribution in [3.05, 3.63) is 41.8 Å². The van der Waals surface area contributed by atoms with E-state index in [9.17, 15) is 25.0 Å². The molecule has 0 amide bonds. The molecule has 1 aromatic heterocycles. The van der Waals surface area contributed by atoms with Crippen LogP contribution in [-0.2, 0) is 36.9 Å². The van der Waals surface area contributed by atoms with E-state index in [0.717, 1.165) is 128 Å². The van der Waals surface area contributed by atoms with E-state index >= 15 is 0 Å². The molecule has 0 radical (unpaired) electrons. The van der Waals surface area contributed by atoms with Crippen molar-refractivity contribution in [1.29, 1.82) is 0 Å². The Morgan fingerprint density at radius 2 is 0.885 bits per heavy atom. The zero-order valence-corrected chi connectivity index (χ0v) is 32.8. The van der Waals surface area contributed by atoms with Crippen LogP contribution in [0.5, 0.6) is 0 Å². The highest BCUT2D eigenvalue weighted by Crippen LogP contribution is 2.31. The molecule has 2 heterocycles. The molecular formula is C39H69N3O10. The Hall–Kier alpha value is -2.45. The summed E-state index contributed by atoms with van der Waals surface area (Å²) in [6.07, 6.45) is 19.8. The van der Waals surface area contributed by atoms with Crippen LogP contribution in [0, 0.1) is 20.2 Å². The molecule has 52 heavy (non-hydrogen) atoms.